The summed E-state index contributed by atoms with van der Waals surface area (Å²) in [4.78, 5) is 15.3. The number of carboxylic acid groups (broad SMARTS) is 1. The molecule has 6 nitrogen and oxygen atoms in total. The largest absolute Gasteiger partial charge is 0.480 e. The van der Waals surface area contributed by atoms with E-state index in [9.17, 15) is 4.79 Å². The van der Waals surface area contributed by atoms with Crippen LogP contribution in [0.15, 0.2) is 29.3 Å². The second-order valence-corrected chi connectivity index (χ2v) is 4.76. The highest BCUT2D eigenvalue weighted by molar-refractivity contribution is 5.99. The first-order valence-electron chi connectivity index (χ1n) is 5.89. The highest BCUT2D eigenvalue weighted by Crippen LogP contribution is 2.14. The summed E-state index contributed by atoms with van der Waals surface area (Å²) < 4.78 is 0. The van der Waals surface area contributed by atoms with Crippen LogP contribution in [0.3, 0.4) is 0 Å². The number of carbonyl (C=O) groups is 1. The molecule has 0 saturated heterocycles. The van der Waals surface area contributed by atoms with Crippen molar-refractivity contribution in [3.63, 3.8) is 0 Å². The highest BCUT2D eigenvalue weighted by Gasteiger charge is 2.28. The summed E-state index contributed by atoms with van der Waals surface area (Å²) in [6.45, 7) is 3.15. The quantitative estimate of drug-likeness (QED) is 0.736. The van der Waals surface area contributed by atoms with Crippen molar-refractivity contribution in [2.75, 3.05) is 13.1 Å². The SMILES string of the molecule is C[C@@](N)(Cc1cccc(C2=NCCN2)c1)C(=O)O.Cl.Cl.O. The van der Waals surface area contributed by atoms with Crippen LogP contribution in [0.25, 0.3) is 0 Å². The third kappa shape index (κ3) is 5.51. The van der Waals surface area contributed by atoms with Crippen LogP contribution in [-0.2, 0) is 11.2 Å². The average Bonchev–Trinajstić information content (AvgIpc) is 2.82. The standard InChI is InChI=1S/C13H17N3O2.2ClH.H2O/c1-13(14,12(17)18)8-9-3-2-4-10(7-9)11-15-5-6-16-11;;;/h2-4,7H,5-6,8,14H2,1H3,(H,15,16)(H,17,18);2*1H;1H2/t13-;;;/m1.../s1. The predicted molar refractivity (Wildman–Crippen MR) is 87.9 cm³/mol. The first-order chi connectivity index (χ1) is 8.49. The Bertz CT molecular complexity index is 507. The Labute approximate surface area is 136 Å². The molecule has 1 heterocycles. The van der Waals surface area contributed by atoms with Crippen molar-refractivity contribution in [1.82, 2.24) is 5.32 Å². The van der Waals surface area contributed by atoms with Crippen molar-refractivity contribution in [3.8, 4) is 0 Å². The van der Waals surface area contributed by atoms with Gasteiger partial charge in [-0.05, 0) is 18.6 Å². The Morgan fingerprint density at radius 2 is 2.14 bits per heavy atom. The third-order valence-corrected chi connectivity index (χ3v) is 2.93. The van der Waals surface area contributed by atoms with Crippen molar-refractivity contribution in [1.29, 1.82) is 0 Å². The van der Waals surface area contributed by atoms with Crippen LogP contribution >= 0.6 is 24.8 Å². The lowest BCUT2D eigenvalue weighted by atomic mass is 9.93. The lowest BCUT2D eigenvalue weighted by molar-refractivity contribution is -0.142. The Morgan fingerprint density at radius 1 is 1.48 bits per heavy atom. The summed E-state index contributed by atoms with van der Waals surface area (Å²) >= 11 is 0. The van der Waals surface area contributed by atoms with Gasteiger partial charge < -0.3 is 21.6 Å². The van der Waals surface area contributed by atoms with Crippen LogP contribution in [0.4, 0.5) is 0 Å². The summed E-state index contributed by atoms with van der Waals surface area (Å²) in [5.74, 6) is -0.130. The van der Waals surface area contributed by atoms with Crippen LogP contribution in [0.1, 0.15) is 18.1 Å². The zero-order valence-corrected chi connectivity index (χ0v) is 13.3. The molecule has 1 aromatic carbocycles. The van der Waals surface area contributed by atoms with E-state index in [2.05, 4.69) is 10.3 Å². The first-order valence-corrected chi connectivity index (χ1v) is 5.89. The summed E-state index contributed by atoms with van der Waals surface area (Å²) in [5, 5.41) is 12.2. The molecule has 0 fully saturated rings. The summed E-state index contributed by atoms with van der Waals surface area (Å²) in [6.07, 6.45) is 0.295. The van der Waals surface area contributed by atoms with E-state index in [4.69, 9.17) is 10.8 Å². The second kappa shape index (κ2) is 8.84. The van der Waals surface area contributed by atoms with E-state index in [1.807, 2.05) is 24.3 Å². The maximum absolute atomic E-state index is 11.0. The molecule has 1 aromatic rings. The zero-order chi connectivity index (χ0) is 13.2. The molecular formula is C13H21Cl2N3O3. The van der Waals surface area contributed by atoms with Gasteiger partial charge in [0, 0.05) is 18.5 Å². The van der Waals surface area contributed by atoms with E-state index in [1.165, 1.54) is 6.92 Å². The van der Waals surface area contributed by atoms with Gasteiger partial charge in [0.15, 0.2) is 0 Å². The Kier molecular flexibility index (Phi) is 9.24. The highest BCUT2D eigenvalue weighted by atomic mass is 35.5. The number of aliphatic carboxylic acids is 1. The maximum Gasteiger partial charge on any atom is 0.323 e. The van der Waals surface area contributed by atoms with Crippen molar-refractivity contribution in [2.45, 2.75) is 18.9 Å². The monoisotopic (exact) mass is 337 g/mol. The zero-order valence-electron chi connectivity index (χ0n) is 11.6. The fraction of sp³-hybridized carbons (Fsp3) is 0.385. The third-order valence-electron chi connectivity index (χ3n) is 2.93. The molecule has 8 heteroatoms. The number of nitrogens with one attached hydrogen (secondary N) is 1. The normalized spacial score (nSPS) is 15.2. The smallest absolute Gasteiger partial charge is 0.323 e. The summed E-state index contributed by atoms with van der Waals surface area (Å²) in [7, 11) is 0. The molecular weight excluding hydrogens is 317 g/mol. The number of hydrogen-bond acceptors (Lipinski definition) is 4. The Hall–Kier alpha value is -1.34. The van der Waals surface area contributed by atoms with Gasteiger partial charge in [-0.25, -0.2) is 0 Å². The number of nitrogens with zero attached hydrogens (tertiary/aromatic N) is 1. The Morgan fingerprint density at radius 3 is 2.67 bits per heavy atom. The molecule has 0 aliphatic carbocycles. The fourth-order valence-electron chi connectivity index (χ4n) is 1.92. The number of aliphatic imine (C=N–C) groups is 1. The number of halogens is 2. The molecule has 0 aromatic heterocycles. The lowest BCUT2D eigenvalue weighted by Crippen LogP contribution is -2.46. The van der Waals surface area contributed by atoms with Gasteiger partial charge in [0.2, 0.25) is 0 Å². The van der Waals surface area contributed by atoms with Gasteiger partial charge in [0.25, 0.3) is 0 Å². The molecule has 21 heavy (non-hydrogen) atoms. The van der Waals surface area contributed by atoms with Gasteiger partial charge in [-0.2, -0.15) is 0 Å². The minimum atomic E-state index is -1.25. The molecule has 6 N–H and O–H groups in total. The molecule has 1 atom stereocenters. The van der Waals surface area contributed by atoms with Crippen molar-refractivity contribution in [3.05, 3.63) is 35.4 Å². The van der Waals surface area contributed by atoms with Crippen molar-refractivity contribution in [2.24, 2.45) is 10.7 Å². The van der Waals surface area contributed by atoms with Gasteiger partial charge >= 0.3 is 5.97 Å². The molecule has 0 spiro atoms. The molecule has 0 amide bonds. The molecule has 0 bridgehead atoms. The lowest BCUT2D eigenvalue weighted by Gasteiger charge is -2.19. The summed E-state index contributed by atoms with van der Waals surface area (Å²) in [5.41, 5.74) is 6.38. The number of rotatable bonds is 4. The van der Waals surface area contributed by atoms with Crippen LogP contribution in [0.5, 0.6) is 0 Å². The predicted octanol–water partition coefficient (Wildman–Crippen LogP) is 0.400. The van der Waals surface area contributed by atoms with E-state index < -0.39 is 11.5 Å². The number of nitrogens with two attached hydrogens (primary N) is 1. The molecule has 1 aliphatic rings. The van der Waals surface area contributed by atoms with Crippen molar-refractivity contribution < 1.29 is 15.4 Å². The average molecular weight is 338 g/mol. The number of carboxylic acids is 1. The minimum Gasteiger partial charge on any atom is -0.480 e. The van der Waals surface area contributed by atoms with Gasteiger partial charge in [-0.15, -0.1) is 24.8 Å². The van der Waals surface area contributed by atoms with E-state index in [1.54, 1.807) is 0 Å². The van der Waals surface area contributed by atoms with E-state index >= 15 is 0 Å². The molecule has 2 rings (SSSR count). The molecule has 120 valence electrons. The van der Waals surface area contributed by atoms with Gasteiger partial charge in [0.1, 0.15) is 11.4 Å². The van der Waals surface area contributed by atoms with Crippen LogP contribution in [0.2, 0.25) is 0 Å². The van der Waals surface area contributed by atoms with Gasteiger partial charge in [0.05, 0.1) is 6.54 Å². The number of amidine groups is 1. The maximum atomic E-state index is 11.0. The molecule has 0 radical (unpaired) electrons. The Balaban J connectivity index is 0. The minimum absolute atomic E-state index is 0. The molecule has 0 saturated carbocycles. The molecule has 1 aliphatic heterocycles. The van der Waals surface area contributed by atoms with E-state index in [0.29, 0.717) is 6.42 Å². The van der Waals surface area contributed by atoms with E-state index in [-0.39, 0.29) is 30.3 Å². The second-order valence-electron chi connectivity index (χ2n) is 4.76. The van der Waals surface area contributed by atoms with E-state index in [0.717, 1.165) is 30.1 Å². The number of benzene rings is 1. The van der Waals surface area contributed by atoms with Crippen LogP contribution < -0.4 is 11.1 Å². The van der Waals surface area contributed by atoms with Crippen LogP contribution in [-0.4, -0.2) is 41.0 Å². The van der Waals surface area contributed by atoms with Crippen LogP contribution in [0, 0.1) is 0 Å². The van der Waals surface area contributed by atoms with Crippen molar-refractivity contribution >= 4 is 36.6 Å². The van der Waals surface area contributed by atoms with Gasteiger partial charge in [-0.3, -0.25) is 9.79 Å². The number of hydrogen-bond donors (Lipinski definition) is 3. The first kappa shape index (κ1) is 21.9. The fourth-order valence-corrected chi connectivity index (χ4v) is 1.92. The topological polar surface area (TPSA) is 119 Å². The van der Waals surface area contributed by atoms with Gasteiger partial charge in [-0.1, -0.05) is 18.2 Å². The molecule has 0 unspecified atom stereocenters. The summed E-state index contributed by atoms with van der Waals surface area (Å²) in [6, 6.07) is 7.67.